The number of β-amino-alcohol motifs (C(OH)–C–C–N with tert-alkyl or cyclic N) is 1. The number of benzene rings is 1. The molecular formula is C15H22FNO2. The molecule has 1 aliphatic heterocycles. The van der Waals surface area contributed by atoms with Crippen molar-refractivity contribution in [3.05, 3.63) is 35.6 Å². The van der Waals surface area contributed by atoms with Crippen molar-refractivity contribution >= 4 is 0 Å². The average molecular weight is 267 g/mol. The number of aliphatic hydroxyl groups is 2. The van der Waals surface area contributed by atoms with Crippen molar-refractivity contribution in [2.24, 2.45) is 0 Å². The maximum atomic E-state index is 13.6. The Bertz CT molecular complexity index is 397. The van der Waals surface area contributed by atoms with Gasteiger partial charge in [0.25, 0.3) is 0 Å². The van der Waals surface area contributed by atoms with Gasteiger partial charge in [-0.3, -0.25) is 4.90 Å². The zero-order valence-corrected chi connectivity index (χ0v) is 11.1. The van der Waals surface area contributed by atoms with Crippen LogP contribution in [0.15, 0.2) is 24.3 Å². The number of nitrogens with zero attached hydrogens (tertiary/aromatic N) is 1. The first-order valence-corrected chi connectivity index (χ1v) is 6.99. The van der Waals surface area contributed by atoms with Crippen LogP contribution >= 0.6 is 0 Å². The number of piperidine rings is 1. The summed E-state index contributed by atoms with van der Waals surface area (Å²) in [6.07, 6.45) is 3.23. The van der Waals surface area contributed by atoms with Gasteiger partial charge in [0.05, 0.1) is 6.10 Å². The van der Waals surface area contributed by atoms with Gasteiger partial charge in [-0.2, -0.15) is 0 Å². The van der Waals surface area contributed by atoms with Gasteiger partial charge < -0.3 is 10.2 Å². The van der Waals surface area contributed by atoms with Crippen molar-refractivity contribution < 1.29 is 14.6 Å². The molecule has 0 spiro atoms. The van der Waals surface area contributed by atoms with E-state index < -0.39 is 6.10 Å². The lowest BCUT2D eigenvalue weighted by Crippen LogP contribution is -2.42. The quantitative estimate of drug-likeness (QED) is 0.858. The van der Waals surface area contributed by atoms with E-state index >= 15 is 0 Å². The van der Waals surface area contributed by atoms with Crippen LogP contribution in [-0.4, -0.2) is 40.9 Å². The highest BCUT2D eigenvalue weighted by Gasteiger charge is 2.25. The second kappa shape index (κ2) is 6.98. The highest BCUT2D eigenvalue weighted by atomic mass is 19.1. The molecule has 19 heavy (non-hydrogen) atoms. The molecule has 0 amide bonds. The van der Waals surface area contributed by atoms with Crippen molar-refractivity contribution in [1.29, 1.82) is 0 Å². The van der Waals surface area contributed by atoms with Gasteiger partial charge in [-0.1, -0.05) is 24.6 Å². The fourth-order valence-electron chi connectivity index (χ4n) is 2.84. The number of halogens is 1. The predicted octanol–water partition coefficient (Wildman–Crippen LogP) is 2.10. The Morgan fingerprint density at radius 3 is 2.84 bits per heavy atom. The van der Waals surface area contributed by atoms with Crippen molar-refractivity contribution in [3.63, 3.8) is 0 Å². The second-order valence-corrected chi connectivity index (χ2v) is 5.19. The lowest BCUT2D eigenvalue weighted by Gasteiger charge is -2.36. The van der Waals surface area contributed by atoms with Gasteiger partial charge in [0.15, 0.2) is 0 Å². The summed E-state index contributed by atoms with van der Waals surface area (Å²) in [6.45, 7) is 1.51. The molecule has 1 aliphatic rings. The van der Waals surface area contributed by atoms with E-state index in [0.29, 0.717) is 18.2 Å². The number of rotatable bonds is 5. The van der Waals surface area contributed by atoms with Gasteiger partial charge in [0, 0.05) is 24.8 Å². The van der Waals surface area contributed by atoms with Crippen LogP contribution in [0.4, 0.5) is 4.39 Å². The third kappa shape index (κ3) is 3.75. The van der Waals surface area contributed by atoms with E-state index in [0.717, 1.165) is 32.2 Å². The molecule has 106 valence electrons. The zero-order chi connectivity index (χ0) is 13.7. The van der Waals surface area contributed by atoms with Gasteiger partial charge in [-0.15, -0.1) is 0 Å². The molecule has 4 heteroatoms. The molecule has 1 fully saturated rings. The first-order valence-electron chi connectivity index (χ1n) is 6.99. The summed E-state index contributed by atoms with van der Waals surface area (Å²) in [5.41, 5.74) is 0.357. The molecule has 2 N–H and O–H groups in total. The van der Waals surface area contributed by atoms with Crippen LogP contribution in [-0.2, 0) is 0 Å². The monoisotopic (exact) mass is 267 g/mol. The Morgan fingerprint density at radius 2 is 2.11 bits per heavy atom. The molecule has 2 rings (SSSR count). The largest absolute Gasteiger partial charge is 0.396 e. The maximum Gasteiger partial charge on any atom is 0.129 e. The highest BCUT2D eigenvalue weighted by Crippen LogP contribution is 2.24. The minimum absolute atomic E-state index is 0.164. The fourth-order valence-corrected chi connectivity index (χ4v) is 2.84. The third-order valence-corrected chi connectivity index (χ3v) is 3.88. The Balaban J connectivity index is 2.00. The van der Waals surface area contributed by atoms with Crippen molar-refractivity contribution in [2.45, 2.75) is 37.8 Å². The summed E-state index contributed by atoms with van der Waals surface area (Å²) in [5.74, 6) is -0.356. The number of hydrogen-bond acceptors (Lipinski definition) is 3. The number of hydrogen-bond donors (Lipinski definition) is 2. The predicted molar refractivity (Wildman–Crippen MR) is 72.3 cm³/mol. The minimum atomic E-state index is -0.805. The topological polar surface area (TPSA) is 43.7 Å². The van der Waals surface area contributed by atoms with E-state index in [1.807, 2.05) is 0 Å². The summed E-state index contributed by atoms with van der Waals surface area (Å²) in [5, 5.41) is 19.3. The normalized spacial score (nSPS) is 22.4. The van der Waals surface area contributed by atoms with Crippen molar-refractivity contribution in [2.75, 3.05) is 19.7 Å². The molecule has 0 unspecified atom stereocenters. The summed E-state index contributed by atoms with van der Waals surface area (Å²) in [7, 11) is 0. The van der Waals surface area contributed by atoms with E-state index in [-0.39, 0.29) is 12.4 Å². The molecule has 2 atom stereocenters. The Labute approximate surface area is 113 Å². The van der Waals surface area contributed by atoms with Gasteiger partial charge >= 0.3 is 0 Å². The molecule has 0 saturated carbocycles. The van der Waals surface area contributed by atoms with Crippen LogP contribution < -0.4 is 0 Å². The van der Waals surface area contributed by atoms with Crippen LogP contribution in [0.2, 0.25) is 0 Å². The van der Waals surface area contributed by atoms with E-state index in [2.05, 4.69) is 4.90 Å². The summed E-state index contributed by atoms with van der Waals surface area (Å²) >= 11 is 0. The minimum Gasteiger partial charge on any atom is -0.396 e. The van der Waals surface area contributed by atoms with Crippen LogP contribution in [0.25, 0.3) is 0 Å². The fraction of sp³-hybridized carbons (Fsp3) is 0.600. The molecule has 1 saturated heterocycles. The van der Waals surface area contributed by atoms with Crippen LogP contribution in [0.3, 0.4) is 0 Å². The maximum absolute atomic E-state index is 13.6. The second-order valence-electron chi connectivity index (χ2n) is 5.19. The average Bonchev–Trinajstić information content (AvgIpc) is 2.41. The SMILES string of the molecule is OCC[C@@H]1CCCCN1C[C@H](O)c1ccccc1F. The van der Waals surface area contributed by atoms with Gasteiger partial charge in [0.1, 0.15) is 5.82 Å². The molecule has 0 radical (unpaired) electrons. The molecular weight excluding hydrogens is 245 g/mol. The summed E-state index contributed by atoms with van der Waals surface area (Å²) in [4.78, 5) is 2.18. The zero-order valence-electron chi connectivity index (χ0n) is 11.1. The van der Waals surface area contributed by atoms with Gasteiger partial charge in [-0.25, -0.2) is 4.39 Å². The molecule has 0 aliphatic carbocycles. The van der Waals surface area contributed by atoms with Crippen molar-refractivity contribution in [3.8, 4) is 0 Å². The van der Waals surface area contributed by atoms with Crippen LogP contribution in [0.5, 0.6) is 0 Å². The smallest absolute Gasteiger partial charge is 0.129 e. The van der Waals surface area contributed by atoms with E-state index in [4.69, 9.17) is 5.11 Å². The Morgan fingerprint density at radius 1 is 1.32 bits per heavy atom. The van der Waals surface area contributed by atoms with E-state index in [1.54, 1.807) is 18.2 Å². The number of likely N-dealkylation sites (tertiary alicyclic amines) is 1. The lowest BCUT2D eigenvalue weighted by atomic mass is 9.98. The molecule has 1 aromatic carbocycles. The Hall–Kier alpha value is -0.970. The molecule has 0 bridgehead atoms. The van der Waals surface area contributed by atoms with E-state index in [9.17, 15) is 9.50 Å². The van der Waals surface area contributed by atoms with Gasteiger partial charge in [-0.05, 0) is 31.9 Å². The summed E-state index contributed by atoms with van der Waals surface area (Å²) < 4.78 is 13.6. The van der Waals surface area contributed by atoms with Crippen molar-refractivity contribution in [1.82, 2.24) is 4.90 Å². The first-order chi connectivity index (χ1) is 9.22. The lowest BCUT2D eigenvalue weighted by molar-refractivity contribution is 0.0550. The van der Waals surface area contributed by atoms with Gasteiger partial charge in [0.2, 0.25) is 0 Å². The van der Waals surface area contributed by atoms with E-state index in [1.165, 1.54) is 6.07 Å². The number of aliphatic hydroxyl groups excluding tert-OH is 2. The standard InChI is InChI=1S/C15H22FNO2/c16-14-7-2-1-6-13(14)15(19)11-17-9-4-3-5-12(17)8-10-18/h1-2,6-7,12,15,18-19H,3-5,8-11H2/t12-,15-/m0/s1. The third-order valence-electron chi connectivity index (χ3n) is 3.88. The van der Waals surface area contributed by atoms with Crippen LogP contribution in [0, 0.1) is 5.82 Å². The molecule has 0 aromatic heterocycles. The highest BCUT2D eigenvalue weighted by molar-refractivity contribution is 5.20. The first kappa shape index (κ1) is 14.4. The van der Waals surface area contributed by atoms with Crippen LogP contribution in [0.1, 0.15) is 37.4 Å². The summed E-state index contributed by atoms with van der Waals surface area (Å²) in [6, 6.07) is 6.68. The molecule has 1 aromatic rings. The Kier molecular flexibility index (Phi) is 5.31. The molecule has 3 nitrogen and oxygen atoms in total. The molecule has 1 heterocycles.